The summed E-state index contributed by atoms with van der Waals surface area (Å²) in [6.07, 6.45) is 8.52. The maximum atomic E-state index is 6.41. The first-order chi connectivity index (χ1) is 13.6. The third-order valence-electron chi connectivity index (χ3n) is 7.19. The molecule has 3 atom stereocenters. The van der Waals surface area contributed by atoms with Gasteiger partial charge in [0.15, 0.2) is 0 Å². The van der Waals surface area contributed by atoms with Crippen LogP contribution in [0.5, 0.6) is 0 Å². The monoisotopic (exact) mass is 399 g/mol. The molecule has 0 spiro atoms. The predicted molar refractivity (Wildman–Crippen MR) is 117 cm³/mol. The van der Waals surface area contributed by atoms with Gasteiger partial charge >= 0.3 is 0 Å². The zero-order chi connectivity index (χ0) is 19.3. The van der Waals surface area contributed by atoms with E-state index in [9.17, 15) is 0 Å². The van der Waals surface area contributed by atoms with E-state index in [0.29, 0.717) is 11.9 Å². The summed E-state index contributed by atoms with van der Waals surface area (Å²) in [6.45, 7) is 9.55. The lowest BCUT2D eigenvalue weighted by molar-refractivity contribution is 0.226. The fourth-order valence-electron chi connectivity index (χ4n) is 5.52. The highest BCUT2D eigenvalue weighted by Gasteiger charge is 2.33. The van der Waals surface area contributed by atoms with Crippen molar-refractivity contribution >= 4 is 27.4 Å². The van der Waals surface area contributed by atoms with Crippen LogP contribution in [0.15, 0.2) is 0 Å². The predicted octanol–water partition coefficient (Wildman–Crippen LogP) is 3.50. The summed E-state index contributed by atoms with van der Waals surface area (Å²) >= 11 is 1.86. The minimum Gasteiger partial charge on any atom is -0.383 e. The second-order valence-corrected chi connectivity index (χ2v) is 10.4. The van der Waals surface area contributed by atoms with Crippen molar-refractivity contribution in [1.29, 1.82) is 0 Å². The SMILES string of the molecule is CC1CCc2c(sc3nc(CCN4CC(N5CCCC5)CC4C)nc(N)c23)C1. The highest BCUT2D eigenvalue weighted by atomic mass is 32.1. The Hall–Kier alpha value is -1.24. The molecule has 2 aromatic heterocycles. The van der Waals surface area contributed by atoms with Gasteiger partial charge in [-0.05, 0) is 70.0 Å². The van der Waals surface area contributed by atoms with E-state index < -0.39 is 0 Å². The molecule has 5 rings (SSSR count). The summed E-state index contributed by atoms with van der Waals surface area (Å²) in [5.41, 5.74) is 7.85. The van der Waals surface area contributed by atoms with E-state index in [0.717, 1.165) is 47.4 Å². The highest BCUT2D eigenvalue weighted by Crippen LogP contribution is 2.39. The summed E-state index contributed by atoms with van der Waals surface area (Å²) in [5, 5.41) is 1.15. The molecule has 3 aliphatic rings. The van der Waals surface area contributed by atoms with E-state index in [1.54, 1.807) is 0 Å². The van der Waals surface area contributed by atoms with Crippen LogP contribution in [0.25, 0.3) is 10.2 Å². The first kappa shape index (κ1) is 18.8. The zero-order valence-corrected chi connectivity index (χ0v) is 18.1. The largest absolute Gasteiger partial charge is 0.383 e. The van der Waals surface area contributed by atoms with Gasteiger partial charge in [0.25, 0.3) is 0 Å². The van der Waals surface area contributed by atoms with Crippen molar-refractivity contribution in [3.63, 3.8) is 0 Å². The molecule has 0 radical (unpaired) electrons. The van der Waals surface area contributed by atoms with Gasteiger partial charge in [0.05, 0.1) is 5.39 Å². The van der Waals surface area contributed by atoms with Crippen LogP contribution in [0.1, 0.15) is 55.8 Å². The number of hydrogen-bond donors (Lipinski definition) is 1. The number of nitrogens with two attached hydrogens (primary N) is 1. The molecule has 2 N–H and O–H groups in total. The van der Waals surface area contributed by atoms with Gasteiger partial charge in [0, 0.05) is 36.5 Å². The van der Waals surface area contributed by atoms with E-state index in [1.165, 1.54) is 62.2 Å². The Morgan fingerprint density at radius 2 is 2.00 bits per heavy atom. The van der Waals surface area contributed by atoms with Crippen LogP contribution in [0, 0.1) is 5.92 Å². The van der Waals surface area contributed by atoms with E-state index in [4.69, 9.17) is 15.7 Å². The van der Waals surface area contributed by atoms with E-state index in [2.05, 4.69) is 23.6 Å². The number of anilines is 1. The van der Waals surface area contributed by atoms with Gasteiger partial charge in [-0.3, -0.25) is 9.80 Å². The Morgan fingerprint density at radius 3 is 2.82 bits per heavy atom. The molecule has 2 aliphatic heterocycles. The van der Waals surface area contributed by atoms with Gasteiger partial charge in [-0.2, -0.15) is 0 Å². The van der Waals surface area contributed by atoms with Crippen molar-refractivity contribution in [1.82, 2.24) is 19.8 Å². The Morgan fingerprint density at radius 1 is 1.18 bits per heavy atom. The van der Waals surface area contributed by atoms with Crippen LogP contribution in [-0.2, 0) is 19.3 Å². The molecule has 0 saturated carbocycles. The Labute approximate surface area is 172 Å². The van der Waals surface area contributed by atoms with Crippen molar-refractivity contribution in [2.24, 2.45) is 5.92 Å². The van der Waals surface area contributed by atoms with Crippen LogP contribution in [0.2, 0.25) is 0 Å². The van der Waals surface area contributed by atoms with Gasteiger partial charge in [0.1, 0.15) is 16.5 Å². The molecular formula is C22H33N5S. The van der Waals surface area contributed by atoms with Crippen LogP contribution >= 0.6 is 11.3 Å². The van der Waals surface area contributed by atoms with Crippen molar-refractivity contribution in [2.45, 2.75) is 70.9 Å². The molecule has 2 saturated heterocycles. The second kappa shape index (κ2) is 7.54. The third-order valence-corrected chi connectivity index (χ3v) is 8.34. The minimum absolute atomic E-state index is 0.655. The van der Waals surface area contributed by atoms with Crippen LogP contribution in [0.4, 0.5) is 5.82 Å². The van der Waals surface area contributed by atoms with E-state index in [1.807, 2.05) is 11.3 Å². The molecule has 152 valence electrons. The number of nitrogen functional groups attached to an aromatic ring is 1. The number of thiophene rings is 1. The summed E-state index contributed by atoms with van der Waals surface area (Å²) in [7, 11) is 0. The van der Waals surface area contributed by atoms with Crippen LogP contribution in [-0.4, -0.2) is 58.0 Å². The first-order valence-corrected chi connectivity index (χ1v) is 11.9. The summed E-state index contributed by atoms with van der Waals surface area (Å²) < 4.78 is 0. The molecule has 0 bridgehead atoms. The standard InChI is InChI=1S/C22H33N5S/c1-14-5-6-17-18(11-14)28-22-20(17)21(23)24-19(25-22)7-10-27-13-16(12-15(27)2)26-8-3-4-9-26/h14-16H,3-13H2,1-2H3,(H2,23,24,25). The molecule has 28 heavy (non-hydrogen) atoms. The number of rotatable bonds is 4. The van der Waals surface area contributed by atoms with Crippen molar-refractivity contribution in [3.8, 4) is 0 Å². The first-order valence-electron chi connectivity index (χ1n) is 11.1. The lowest BCUT2D eigenvalue weighted by Gasteiger charge is -2.23. The minimum atomic E-state index is 0.655. The highest BCUT2D eigenvalue weighted by molar-refractivity contribution is 7.19. The maximum absolute atomic E-state index is 6.41. The second-order valence-electron chi connectivity index (χ2n) is 9.28. The lowest BCUT2D eigenvalue weighted by Crippen LogP contribution is -2.36. The van der Waals surface area contributed by atoms with Gasteiger partial charge < -0.3 is 5.73 Å². The molecule has 2 aromatic rings. The van der Waals surface area contributed by atoms with Gasteiger partial charge in [-0.15, -0.1) is 11.3 Å². The molecule has 1 aliphatic carbocycles. The molecule has 0 amide bonds. The number of fused-ring (bicyclic) bond motifs is 3. The van der Waals surface area contributed by atoms with Crippen LogP contribution < -0.4 is 5.73 Å². The Balaban J connectivity index is 1.29. The Kier molecular flexibility index (Phi) is 5.06. The summed E-state index contributed by atoms with van der Waals surface area (Å²) in [5.74, 6) is 2.40. The fourth-order valence-corrected chi connectivity index (χ4v) is 6.93. The van der Waals surface area contributed by atoms with E-state index in [-0.39, 0.29) is 0 Å². The number of hydrogen-bond acceptors (Lipinski definition) is 6. The van der Waals surface area contributed by atoms with Crippen molar-refractivity contribution < 1.29 is 0 Å². The molecule has 4 heterocycles. The summed E-state index contributed by atoms with van der Waals surface area (Å²) in [6, 6.07) is 1.40. The van der Waals surface area contributed by atoms with Crippen LogP contribution in [0.3, 0.4) is 0 Å². The molecule has 5 nitrogen and oxygen atoms in total. The third kappa shape index (κ3) is 3.44. The topological polar surface area (TPSA) is 58.3 Å². The zero-order valence-electron chi connectivity index (χ0n) is 17.3. The van der Waals surface area contributed by atoms with Crippen molar-refractivity contribution in [3.05, 3.63) is 16.3 Å². The number of aromatic nitrogens is 2. The average molecular weight is 400 g/mol. The molecule has 3 unspecified atom stereocenters. The quantitative estimate of drug-likeness (QED) is 0.853. The number of aryl methyl sites for hydroxylation is 1. The van der Waals surface area contributed by atoms with Gasteiger partial charge in [-0.25, -0.2) is 9.97 Å². The smallest absolute Gasteiger partial charge is 0.136 e. The fraction of sp³-hybridized carbons (Fsp3) is 0.727. The number of likely N-dealkylation sites (tertiary alicyclic amines) is 2. The van der Waals surface area contributed by atoms with Gasteiger partial charge in [0.2, 0.25) is 0 Å². The average Bonchev–Trinajstić information content (AvgIpc) is 3.37. The molecular weight excluding hydrogens is 366 g/mol. The maximum Gasteiger partial charge on any atom is 0.136 e. The van der Waals surface area contributed by atoms with Crippen molar-refractivity contribution in [2.75, 3.05) is 31.9 Å². The normalized spacial score (nSPS) is 29.0. The van der Waals surface area contributed by atoms with E-state index >= 15 is 0 Å². The van der Waals surface area contributed by atoms with Gasteiger partial charge in [-0.1, -0.05) is 6.92 Å². The summed E-state index contributed by atoms with van der Waals surface area (Å²) in [4.78, 5) is 17.6. The molecule has 2 fully saturated rings. The molecule has 6 heteroatoms. The molecule has 0 aromatic carbocycles. The lowest BCUT2D eigenvalue weighted by atomic mass is 9.89. The number of nitrogens with zero attached hydrogens (tertiary/aromatic N) is 4. The Bertz CT molecular complexity index is 856.